The van der Waals surface area contributed by atoms with Gasteiger partial charge in [-0.1, -0.05) is 25.0 Å². The molecule has 1 fully saturated rings. The summed E-state index contributed by atoms with van der Waals surface area (Å²) in [5.74, 6) is -0.225. The van der Waals surface area contributed by atoms with E-state index >= 15 is 0 Å². The van der Waals surface area contributed by atoms with Gasteiger partial charge < -0.3 is 15.4 Å². The Morgan fingerprint density at radius 3 is 2.38 bits per heavy atom. The molecule has 1 aromatic rings. The third-order valence-electron chi connectivity index (χ3n) is 3.72. The summed E-state index contributed by atoms with van der Waals surface area (Å²) in [5.41, 5.74) is 5.61. The zero-order valence-electron chi connectivity index (χ0n) is 12.4. The maximum absolute atomic E-state index is 12.4. The lowest BCUT2D eigenvalue weighted by Crippen LogP contribution is -2.41. The number of carbonyl (C=O) groups is 2. The van der Waals surface area contributed by atoms with Gasteiger partial charge >= 0.3 is 0 Å². The van der Waals surface area contributed by atoms with E-state index in [-0.39, 0.29) is 5.91 Å². The topological polar surface area (TPSA) is 72.6 Å². The highest BCUT2D eigenvalue weighted by Crippen LogP contribution is 2.20. The number of ether oxygens (including phenoxy) is 1. The van der Waals surface area contributed by atoms with Crippen LogP contribution in [0.15, 0.2) is 24.3 Å². The summed E-state index contributed by atoms with van der Waals surface area (Å²) in [5, 5.41) is 0. The minimum atomic E-state index is -0.622. The van der Waals surface area contributed by atoms with Crippen molar-refractivity contribution in [2.45, 2.75) is 38.7 Å². The Bertz CT molecular complexity index is 508. The van der Waals surface area contributed by atoms with Gasteiger partial charge in [-0.15, -0.1) is 0 Å². The van der Waals surface area contributed by atoms with Crippen LogP contribution >= 0.6 is 0 Å². The Balaban J connectivity index is 2.05. The molecular formula is C16H22N2O3. The zero-order valence-corrected chi connectivity index (χ0v) is 12.4. The molecule has 0 radical (unpaired) electrons. The lowest BCUT2D eigenvalue weighted by Gasteiger charge is -2.25. The Morgan fingerprint density at radius 1 is 1.14 bits per heavy atom. The van der Waals surface area contributed by atoms with Gasteiger partial charge in [-0.25, -0.2) is 0 Å². The van der Waals surface area contributed by atoms with E-state index in [1.54, 1.807) is 31.2 Å². The van der Waals surface area contributed by atoms with Crippen LogP contribution in [0.3, 0.4) is 0 Å². The molecule has 1 heterocycles. The van der Waals surface area contributed by atoms with Crippen molar-refractivity contribution in [3.8, 4) is 5.75 Å². The third kappa shape index (κ3) is 3.97. The van der Waals surface area contributed by atoms with Crippen molar-refractivity contribution in [1.82, 2.24) is 4.90 Å². The number of hydrogen-bond donors (Lipinski definition) is 1. The number of rotatable bonds is 4. The highest BCUT2D eigenvalue weighted by Gasteiger charge is 2.23. The molecule has 1 atom stereocenters. The molecule has 0 aliphatic carbocycles. The van der Waals surface area contributed by atoms with Crippen molar-refractivity contribution in [3.63, 3.8) is 0 Å². The molecular weight excluding hydrogens is 268 g/mol. The van der Waals surface area contributed by atoms with E-state index in [0.717, 1.165) is 25.9 Å². The second kappa shape index (κ2) is 7.11. The van der Waals surface area contributed by atoms with Gasteiger partial charge in [0, 0.05) is 13.1 Å². The Labute approximate surface area is 125 Å². The molecule has 5 nitrogen and oxygen atoms in total. The van der Waals surface area contributed by atoms with Crippen LogP contribution < -0.4 is 10.5 Å². The van der Waals surface area contributed by atoms with Gasteiger partial charge in [0.1, 0.15) is 5.75 Å². The fourth-order valence-electron chi connectivity index (χ4n) is 2.56. The molecule has 0 saturated carbocycles. The molecule has 0 aromatic heterocycles. The van der Waals surface area contributed by atoms with Crippen molar-refractivity contribution in [1.29, 1.82) is 0 Å². The van der Waals surface area contributed by atoms with E-state index in [2.05, 4.69) is 0 Å². The highest BCUT2D eigenvalue weighted by molar-refractivity contribution is 5.95. The van der Waals surface area contributed by atoms with Crippen LogP contribution in [0.4, 0.5) is 0 Å². The van der Waals surface area contributed by atoms with Crippen molar-refractivity contribution in [2.75, 3.05) is 13.1 Å². The monoisotopic (exact) mass is 290 g/mol. The number of benzene rings is 1. The molecule has 1 aromatic carbocycles. The fraction of sp³-hybridized carbons (Fsp3) is 0.500. The number of likely N-dealkylation sites (tertiary alicyclic amines) is 1. The lowest BCUT2D eigenvalue weighted by molar-refractivity contribution is -0.137. The maximum Gasteiger partial charge on any atom is 0.263 e. The first kappa shape index (κ1) is 15.4. The number of para-hydroxylation sites is 1. The molecule has 1 saturated heterocycles. The fourth-order valence-corrected chi connectivity index (χ4v) is 2.56. The molecule has 2 amide bonds. The first-order valence-corrected chi connectivity index (χ1v) is 7.44. The van der Waals surface area contributed by atoms with Gasteiger partial charge in [0.25, 0.3) is 11.8 Å². The van der Waals surface area contributed by atoms with Crippen LogP contribution in [0, 0.1) is 0 Å². The third-order valence-corrected chi connectivity index (χ3v) is 3.72. The van der Waals surface area contributed by atoms with Gasteiger partial charge in [0.15, 0.2) is 6.10 Å². The highest BCUT2D eigenvalue weighted by atomic mass is 16.5. The smallest absolute Gasteiger partial charge is 0.263 e. The molecule has 114 valence electrons. The van der Waals surface area contributed by atoms with E-state index in [1.807, 2.05) is 4.90 Å². The predicted octanol–water partition coefficient (Wildman–Crippen LogP) is 1.96. The zero-order chi connectivity index (χ0) is 15.2. The van der Waals surface area contributed by atoms with E-state index in [0.29, 0.717) is 11.3 Å². The van der Waals surface area contributed by atoms with Gasteiger partial charge in [-0.2, -0.15) is 0 Å². The van der Waals surface area contributed by atoms with E-state index in [4.69, 9.17) is 10.5 Å². The SMILES string of the molecule is CC(Oc1ccccc1C(N)=O)C(=O)N1CCCCCC1. The van der Waals surface area contributed by atoms with Crippen LogP contribution in [-0.2, 0) is 4.79 Å². The van der Waals surface area contributed by atoms with Crippen LogP contribution in [0.5, 0.6) is 5.75 Å². The molecule has 2 rings (SSSR count). The molecule has 1 aliphatic rings. The molecule has 2 N–H and O–H groups in total. The quantitative estimate of drug-likeness (QED) is 0.921. The average Bonchev–Trinajstić information content (AvgIpc) is 2.75. The first-order chi connectivity index (χ1) is 10.1. The summed E-state index contributed by atoms with van der Waals surface area (Å²) in [6.07, 6.45) is 3.79. The lowest BCUT2D eigenvalue weighted by atomic mass is 10.2. The van der Waals surface area contributed by atoms with Crippen molar-refractivity contribution < 1.29 is 14.3 Å². The summed E-state index contributed by atoms with van der Waals surface area (Å²) in [4.78, 5) is 25.6. The summed E-state index contributed by atoms with van der Waals surface area (Å²) >= 11 is 0. The number of carbonyl (C=O) groups excluding carboxylic acids is 2. The second-order valence-electron chi connectivity index (χ2n) is 5.36. The standard InChI is InChI=1S/C16H22N2O3/c1-12(16(20)18-10-6-2-3-7-11-18)21-14-9-5-4-8-13(14)15(17)19/h4-5,8-9,12H,2-3,6-7,10-11H2,1H3,(H2,17,19). The van der Waals surface area contributed by atoms with Gasteiger partial charge in [-0.3, -0.25) is 9.59 Å². The van der Waals surface area contributed by atoms with Crippen molar-refractivity contribution >= 4 is 11.8 Å². The number of hydrogen-bond acceptors (Lipinski definition) is 3. The van der Waals surface area contributed by atoms with Gasteiger partial charge in [-0.05, 0) is 31.9 Å². The van der Waals surface area contributed by atoms with Crippen LogP contribution in [0.1, 0.15) is 43.0 Å². The maximum atomic E-state index is 12.4. The molecule has 5 heteroatoms. The molecule has 21 heavy (non-hydrogen) atoms. The van der Waals surface area contributed by atoms with Crippen molar-refractivity contribution in [3.05, 3.63) is 29.8 Å². The Morgan fingerprint density at radius 2 is 1.76 bits per heavy atom. The van der Waals surface area contributed by atoms with Gasteiger partial charge in [0.05, 0.1) is 5.56 Å². The number of primary amides is 1. The molecule has 0 spiro atoms. The molecule has 1 aliphatic heterocycles. The predicted molar refractivity (Wildman–Crippen MR) is 80.1 cm³/mol. The largest absolute Gasteiger partial charge is 0.480 e. The average molecular weight is 290 g/mol. The van der Waals surface area contributed by atoms with Crippen LogP contribution in [-0.4, -0.2) is 35.9 Å². The number of amides is 2. The van der Waals surface area contributed by atoms with E-state index < -0.39 is 12.0 Å². The normalized spacial score (nSPS) is 16.9. The van der Waals surface area contributed by atoms with Crippen LogP contribution in [0.25, 0.3) is 0 Å². The summed E-state index contributed by atoms with van der Waals surface area (Å²) in [7, 11) is 0. The molecule has 0 bridgehead atoms. The summed E-state index contributed by atoms with van der Waals surface area (Å²) in [6, 6.07) is 6.73. The van der Waals surface area contributed by atoms with Gasteiger partial charge in [0.2, 0.25) is 0 Å². The number of nitrogens with two attached hydrogens (primary N) is 1. The van der Waals surface area contributed by atoms with E-state index in [9.17, 15) is 9.59 Å². The second-order valence-corrected chi connectivity index (χ2v) is 5.36. The Kier molecular flexibility index (Phi) is 5.20. The first-order valence-electron chi connectivity index (χ1n) is 7.44. The summed E-state index contributed by atoms with van der Waals surface area (Å²) < 4.78 is 5.67. The van der Waals surface area contributed by atoms with E-state index in [1.165, 1.54) is 12.8 Å². The van der Waals surface area contributed by atoms with Crippen molar-refractivity contribution in [2.24, 2.45) is 5.73 Å². The van der Waals surface area contributed by atoms with Crippen LogP contribution in [0.2, 0.25) is 0 Å². The minimum Gasteiger partial charge on any atom is -0.480 e. The molecule has 1 unspecified atom stereocenters. The summed E-state index contributed by atoms with van der Waals surface area (Å²) in [6.45, 7) is 3.28. The number of nitrogens with zero attached hydrogens (tertiary/aromatic N) is 1. The minimum absolute atomic E-state index is 0.0313. The Hall–Kier alpha value is -2.04.